The third kappa shape index (κ3) is 3.49. The Morgan fingerprint density at radius 3 is 2.57 bits per heavy atom. The first-order valence-corrected chi connectivity index (χ1v) is 2.51. The highest BCUT2D eigenvalue weighted by atomic mass is 15.4. The van der Waals surface area contributed by atoms with Gasteiger partial charge < -0.3 is 10.9 Å². The van der Waals surface area contributed by atoms with Gasteiger partial charge in [0, 0.05) is 0 Å². The fourth-order valence-electron chi connectivity index (χ4n) is 0.371. The third-order valence-electron chi connectivity index (χ3n) is 0.766. The maximum Gasteiger partial charge on any atom is 0.0773 e. The van der Waals surface area contributed by atoms with Gasteiger partial charge in [-0.25, -0.2) is 0 Å². The highest BCUT2D eigenvalue weighted by molar-refractivity contribution is 4.45. The van der Waals surface area contributed by atoms with Crippen molar-refractivity contribution in [3.63, 3.8) is 0 Å². The molecule has 0 aromatic rings. The van der Waals surface area contributed by atoms with Crippen LogP contribution in [0.3, 0.4) is 0 Å². The van der Waals surface area contributed by atoms with Gasteiger partial charge in [-0.2, -0.15) is 0 Å². The molecule has 0 fully saturated rings. The van der Waals surface area contributed by atoms with Gasteiger partial charge >= 0.3 is 0 Å². The van der Waals surface area contributed by atoms with E-state index in [-0.39, 0.29) is 0 Å². The molecule has 0 bridgehead atoms. The second-order valence-corrected chi connectivity index (χ2v) is 1.48. The Morgan fingerprint density at radius 1 is 1.86 bits per heavy atom. The lowest BCUT2D eigenvalue weighted by atomic mass is 10.5. The molecule has 1 atom stereocenters. The zero-order valence-electron chi connectivity index (χ0n) is 4.70. The summed E-state index contributed by atoms with van der Waals surface area (Å²) in [5, 5.41) is 0.641. The fourth-order valence-corrected chi connectivity index (χ4v) is 0.371. The van der Waals surface area contributed by atoms with Gasteiger partial charge in [0.25, 0.3) is 0 Å². The van der Waals surface area contributed by atoms with Crippen LogP contribution in [0.5, 0.6) is 0 Å². The molecule has 1 unspecified atom stereocenters. The summed E-state index contributed by atoms with van der Waals surface area (Å²) in [5.41, 5.74) is 0. The summed E-state index contributed by atoms with van der Waals surface area (Å²) in [6.45, 7) is 6.37. The van der Waals surface area contributed by atoms with Crippen molar-refractivity contribution < 1.29 is 5.01 Å². The lowest BCUT2D eigenvalue weighted by molar-refractivity contribution is -0.791. The average molecular weight is 100 g/mol. The van der Waals surface area contributed by atoms with Gasteiger partial charge in [0.2, 0.25) is 0 Å². The monoisotopic (exact) mass is 100 g/mol. The van der Waals surface area contributed by atoms with Crippen LogP contribution in [-0.4, -0.2) is 6.54 Å². The van der Waals surface area contributed by atoms with Crippen molar-refractivity contribution >= 4 is 0 Å². The van der Waals surface area contributed by atoms with Gasteiger partial charge in [-0.15, -0.1) is 0 Å². The second kappa shape index (κ2) is 3.84. The normalized spacial score (nSPS) is 13.4. The van der Waals surface area contributed by atoms with Crippen molar-refractivity contribution in [1.82, 2.24) is 0 Å². The summed E-state index contributed by atoms with van der Waals surface area (Å²) in [5.74, 6) is 7.02. The molecular weight excluding hydrogens is 88.1 g/mol. The summed E-state index contributed by atoms with van der Waals surface area (Å²) in [7, 11) is 0. The van der Waals surface area contributed by atoms with Crippen molar-refractivity contribution in [2.75, 3.05) is 6.54 Å². The number of hydrogen-bond donors (Lipinski definition) is 1. The van der Waals surface area contributed by atoms with Crippen molar-refractivity contribution in [3.05, 3.63) is 18.6 Å². The molecule has 2 heteroatoms. The summed E-state index contributed by atoms with van der Waals surface area (Å²) in [6.07, 6.45) is 2.63. The molecule has 0 aromatic carbocycles. The zero-order valence-corrected chi connectivity index (χ0v) is 4.70. The Labute approximate surface area is 44.6 Å². The van der Waals surface area contributed by atoms with Crippen LogP contribution in [0.1, 0.15) is 13.3 Å². The Bertz CT molecular complexity index is 52.0. The van der Waals surface area contributed by atoms with Crippen LogP contribution in [0.4, 0.5) is 0 Å². The molecular formula is C5H12N2. The van der Waals surface area contributed by atoms with E-state index in [9.17, 15) is 0 Å². The van der Waals surface area contributed by atoms with Crippen LogP contribution in [0.25, 0.3) is 5.84 Å². The molecule has 0 heterocycles. The van der Waals surface area contributed by atoms with Crippen LogP contribution in [0, 0.1) is 0 Å². The van der Waals surface area contributed by atoms with E-state index >= 15 is 0 Å². The molecule has 0 aliphatic carbocycles. The first kappa shape index (κ1) is 6.66. The predicted molar refractivity (Wildman–Crippen MR) is 30.6 cm³/mol. The Balaban J connectivity index is 2.98. The number of rotatable bonds is 3. The standard InChI is InChI=1S/C5H12N2/c1-3-5-7(6)4-2/h4,6-7H,2-3,5H2,1H3. The average Bonchev–Trinajstić information content (AvgIpc) is 1.68. The number of nitrogens with one attached hydrogen (secondary N) is 2. The molecule has 0 aromatic heterocycles. The minimum absolute atomic E-state index is 0.641. The van der Waals surface area contributed by atoms with E-state index < -0.39 is 0 Å². The Kier molecular flexibility index (Phi) is 3.65. The lowest BCUT2D eigenvalue weighted by Crippen LogP contribution is -3.00. The van der Waals surface area contributed by atoms with Gasteiger partial charge in [-0.1, -0.05) is 6.92 Å². The van der Waals surface area contributed by atoms with Gasteiger partial charge in [-0.05, 0) is 13.0 Å². The van der Waals surface area contributed by atoms with Crippen LogP contribution < -0.4 is 5.01 Å². The number of hydrogen-bond acceptors (Lipinski definition) is 0. The third-order valence-corrected chi connectivity index (χ3v) is 0.766. The minimum atomic E-state index is 0.641. The maximum absolute atomic E-state index is 7.02. The van der Waals surface area contributed by atoms with E-state index in [1.165, 1.54) is 0 Å². The smallest absolute Gasteiger partial charge is 0.0773 e. The topological polar surface area (TPSA) is 28.2 Å². The van der Waals surface area contributed by atoms with Crippen molar-refractivity contribution in [2.24, 2.45) is 0 Å². The van der Waals surface area contributed by atoms with Crippen molar-refractivity contribution in [2.45, 2.75) is 13.3 Å². The van der Waals surface area contributed by atoms with Crippen molar-refractivity contribution in [1.29, 1.82) is 0 Å². The Morgan fingerprint density at radius 2 is 2.43 bits per heavy atom. The summed E-state index contributed by atoms with van der Waals surface area (Å²) in [4.78, 5) is 0. The maximum atomic E-state index is 7.02. The van der Waals surface area contributed by atoms with E-state index in [1.807, 2.05) is 0 Å². The molecule has 0 aliphatic rings. The summed E-state index contributed by atoms with van der Waals surface area (Å²) < 4.78 is 0. The van der Waals surface area contributed by atoms with E-state index in [1.54, 1.807) is 6.20 Å². The molecule has 0 aliphatic heterocycles. The van der Waals surface area contributed by atoms with Gasteiger partial charge in [0.1, 0.15) is 0 Å². The van der Waals surface area contributed by atoms with E-state index in [0.29, 0.717) is 5.01 Å². The molecule has 2 nitrogen and oxygen atoms in total. The van der Waals surface area contributed by atoms with Crippen LogP contribution >= 0.6 is 0 Å². The fraction of sp³-hybridized carbons (Fsp3) is 0.600. The molecule has 0 amide bonds. The summed E-state index contributed by atoms with van der Waals surface area (Å²) >= 11 is 0. The molecule has 7 heavy (non-hydrogen) atoms. The summed E-state index contributed by atoms with van der Waals surface area (Å²) in [6, 6.07) is 0. The quantitative estimate of drug-likeness (QED) is 0.497. The second-order valence-electron chi connectivity index (χ2n) is 1.48. The van der Waals surface area contributed by atoms with Crippen LogP contribution in [0.15, 0.2) is 12.8 Å². The zero-order chi connectivity index (χ0) is 5.70. The largest absolute Gasteiger partial charge is 0.465 e. The molecule has 0 radical (unpaired) electrons. The SMILES string of the molecule is C=C[NH+]([NH-])CCC. The first-order chi connectivity index (χ1) is 3.31. The number of quaternary nitrogens is 1. The minimum Gasteiger partial charge on any atom is -0.465 e. The van der Waals surface area contributed by atoms with Crippen LogP contribution in [-0.2, 0) is 0 Å². The van der Waals surface area contributed by atoms with Gasteiger partial charge in [0.15, 0.2) is 0 Å². The molecule has 42 valence electrons. The molecule has 0 saturated carbocycles. The van der Waals surface area contributed by atoms with Gasteiger partial charge in [0.05, 0.1) is 12.7 Å². The van der Waals surface area contributed by atoms with E-state index in [4.69, 9.17) is 5.84 Å². The highest BCUT2D eigenvalue weighted by Gasteiger charge is 1.81. The predicted octanol–water partition coefficient (Wildman–Crippen LogP) is 0.392. The molecule has 0 rings (SSSR count). The first-order valence-electron chi connectivity index (χ1n) is 2.51. The van der Waals surface area contributed by atoms with Crippen molar-refractivity contribution in [3.8, 4) is 0 Å². The van der Waals surface area contributed by atoms with E-state index in [0.717, 1.165) is 13.0 Å². The van der Waals surface area contributed by atoms with Gasteiger partial charge in [-0.3, -0.25) is 0 Å². The van der Waals surface area contributed by atoms with E-state index in [2.05, 4.69) is 13.5 Å². The van der Waals surface area contributed by atoms with Crippen LogP contribution in [0.2, 0.25) is 0 Å². The molecule has 0 saturated heterocycles. The molecule has 0 spiro atoms. The highest BCUT2D eigenvalue weighted by Crippen LogP contribution is 1.61. The lowest BCUT2D eigenvalue weighted by Gasteiger charge is -2.12. The molecule has 2 N–H and O–H groups in total. The Hall–Kier alpha value is -0.340.